The van der Waals surface area contributed by atoms with Crippen molar-refractivity contribution in [3.8, 4) is 0 Å². The van der Waals surface area contributed by atoms with E-state index < -0.39 is 24.1 Å². The van der Waals surface area contributed by atoms with Gasteiger partial charge >= 0.3 is 44.0 Å². The third kappa shape index (κ3) is 18.7. The van der Waals surface area contributed by atoms with E-state index in [4.69, 9.17) is 0 Å². The normalized spacial score (nSPS) is 5.43. The van der Waals surface area contributed by atoms with Crippen LogP contribution in [-0.2, 0) is 29.7 Å². The smallest absolute Gasteiger partial charge is 0.147 e. The van der Waals surface area contributed by atoms with Crippen molar-refractivity contribution in [1.29, 1.82) is 0 Å². The predicted molar refractivity (Wildman–Crippen MR) is 28.5 cm³/mol. The summed E-state index contributed by atoms with van der Waals surface area (Å²) in [6.45, 7) is 0. The van der Waals surface area contributed by atoms with E-state index in [1.807, 2.05) is 0 Å². The van der Waals surface area contributed by atoms with Crippen LogP contribution in [-0.4, -0.2) is 14.2 Å². The monoisotopic (exact) mass is 224 g/mol. The molecule has 0 bridgehead atoms. The van der Waals surface area contributed by atoms with E-state index >= 15 is 0 Å². The molecule has 0 aliphatic carbocycles. The molecule has 0 aliphatic heterocycles. The average Bonchev–Trinajstić information content (AvgIpc) is 1.41. The Morgan fingerprint density at radius 2 is 1.29 bits per heavy atom. The van der Waals surface area contributed by atoms with E-state index in [0.29, 0.717) is 0 Å². The van der Waals surface area contributed by atoms with Crippen LogP contribution in [0.1, 0.15) is 0 Å². The van der Waals surface area contributed by atoms with E-state index in [1.54, 1.807) is 14.2 Å². The molecule has 0 unspecified atom stereocenters. The van der Waals surface area contributed by atoms with Crippen molar-refractivity contribution in [1.82, 2.24) is 0 Å². The minimum absolute atomic E-state index is 0. The van der Waals surface area contributed by atoms with Crippen molar-refractivity contribution in [2.75, 3.05) is 14.2 Å². The second-order valence-electron chi connectivity index (χ2n) is 0.492. The van der Waals surface area contributed by atoms with Gasteiger partial charge in [-0.2, -0.15) is 0 Å². The molecule has 0 spiro atoms. The number of halogens is 2. The third-order valence-electron chi connectivity index (χ3n) is 0.167. The fourth-order valence-corrected chi connectivity index (χ4v) is 0.493. The van der Waals surface area contributed by atoms with Crippen LogP contribution in [0, 0.1) is 0 Å². The molecule has 0 N–H and O–H groups in total. The van der Waals surface area contributed by atoms with Crippen LogP contribution >= 0.6 is 24.8 Å². The van der Waals surface area contributed by atoms with Gasteiger partial charge in [-0.25, -0.2) is 0 Å². The molecule has 0 rings (SSSR count). The zero-order chi connectivity index (χ0) is 4.12. The predicted octanol–water partition coefficient (Wildman–Crippen LogP) is 1.04. The van der Waals surface area contributed by atoms with E-state index in [1.165, 1.54) is 0 Å². The van der Waals surface area contributed by atoms with Crippen molar-refractivity contribution < 1.29 is 29.7 Å². The molecule has 5 heteroatoms. The zero-order valence-electron chi connectivity index (χ0n) is 4.13. The summed E-state index contributed by atoms with van der Waals surface area (Å²) in [7, 11) is 3.32. The van der Waals surface area contributed by atoms with Gasteiger partial charge in [0.2, 0.25) is 0 Å². The van der Waals surface area contributed by atoms with Crippen molar-refractivity contribution in [2.45, 2.75) is 0 Å². The van der Waals surface area contributed by atoms with Gasteiger partial charge in [0, 0.05) is 0 Å². The number of rotatable bonds is 2. The van der Waals surface area contributed by atoms with Gasteiger partial charge < -0.3 is 0 Å². The Bertz CT molecular complexity index is 21.2. The molecule has 46 valence electrons. The Balaban J connectivity index is -0.0000000800. The summed E-state index contributed by atoms with van der Waals surface area (Å²) in [6.07, 6.45) is 0. The van der Waals surface area contributed by atoms with Crippen molar-refractivity contribution in [2.24, 2.45) is 0 Å². The zero-order valence-corrected chi connectivity index (χ0v) is 8.22. The van der Waals surface area contributed by atoms with E-state index in [2.05, 4.69) is 5.63 Å². The summed E-state index contributed by atoms with van der Waals surface area (Å²) in [5.41, 5.74) is 0. The molecule has 2 nitrogen and oxygen atoms in total. The number of hydrogen-bond acceptors (Lipinski definition) is 2. The Morgan fingerprint density at radius 3 is 1.29 bits per heavy atom. The Kier molecular flexibility index (Phi) is 35.3. The van der Waals surface area contributed by atoms with Crippen LogP contribution < -0.4 is 0 Å². The maximum absolute atomic E-state index is 4.64. The molecular weight excluding hydrogens is 218 g/mol. The van der Waals surface area contributed by atoms with Crippen LogP contribution in [0.15, 0.2) is 0 Å². The molecule has 0 aliphatic rings. The van der Waals surface area contributed by atoms with Crippen LogP contribution in [0.5, 0.6) is 0 Å². The Hall–Kier alpha value is 1.38. The van der Waals surface area contributed by atoms with Gasteiger partial charge in [0.1, 0.15) is 0 Å². The molecule has 0 heterocycles. The summed E-state index contributed by atoms with van der Waals surface area (Å²) in [4.78, 5) is 0. The first-order valence-electron chi connectivity index (χ1n) is 1.22. The van der Waals surface area contributed by atoms with Crippen LogP contribution in [0.4, 0.5) is 0 Å². The minimum atomic E-state index is -0.782. The molecule has 0 aromatic carbocycles. The maximum Gasteiger partial charge on any atom is -0.147 e. The maximum atomic E-state index is 4.64. The molecule has 0 aromatic rings. The van der Waals surface area contributed by atoms with Gasteiger partial charge in [-0.1, -0.05) is 0 Å². The largest absolute Gasteiger partial charge is 0.147 e. The van der Waals surface area contributed by atoms with Crippen LogP contribution in [0.25, 0.3) is 0 Å². The van der Waals surface area contributed by atoms with Crippen molar-refractivity contribution in [3.63, 3.8) is 0 Å². The summed E-state index contributed by atoms with van der Waals surface area (Å²) < 4.78 is 9.28. The van der Waals surface area contributed by atoms with Crippen molar-refractivity contribution >= 4 is 24.8 Å². The minimum Gasteiger partial charge on any atom is -0.147 e. The summed E-state index contributed by atoms with van der Waals surface area (Å²) in [5.74, 6) is 0. The fraction of sp³-hybridized carbons (Fsp3) is 1.00. The van der Waals surface area contributed by atoms with E-state index in [-0.39, 0.29) is 24.8 Å². The molecule has 0 radical (unpaired) electrons. The SMILES string of the molecule is C[O][Zr][O]C.Cl.Cl. The average molecular weight is 226 g/mol. The van der Waals surface area contributed by atoms with Gasteiger partial charge in [-0.05, 0) is 0 Å². The molecule has 0 saturated carbocycles. The van der Waals surface area contributed by atoms with Crippen LogP contribution in [0.2, 0.25) is 0 Å². The second-order valence-corrected chi connectivity index (χ2v) is 2.91. The molecular formula is C2H8Cl2O2Zr. The first kappa shape index (κ1) is 15.8. The van der Waals surface area contributed by atoms with Crippen LogP contribution in [0.3, 0.4) is 0 Å². The first-order valence-corrected chi connectivity index (χ1v) is 3.23. The molecule has 0 saturated heterocycles. The molecule has 7 heavy (non-hydrogen) atoms. The first-order chi connectivity index (χ1) is 2.41. The van der Waals surface area contributed by atoms with Gasteiger partial charge in [0.15, 0.2) is 0 Å². The fourth-order valence-electron chi connectivity index (χ4n) is 0.0833. The number of hydrogen-bond donors (Lipinski definition) is 0. The van der Waals surface area contributed by atoms with E-state index in [9.17, 15) is 0 Å². The molecule has 0 atom stereocenters. The molecule has 0 amide bonds. The summed E-state index contributed by atoms with van der Waals surface area (Å²) in [5, 5.41) is 0. The van der Waals surface area contributed by atoms with Gasteiger partial charge in [0.25, 0.3) is 0 Å². The topological polar surface area (TPSA) is 18.5 Å². The quantitative estimate of drug-likeness (QED) is 0.700. The van der Waals surface area contributed by atoms with Gasteiger partial charge in [0.05, 0.1) is 0 Å². The third-order valence-corrected chi connectivity index (χ3v) is 0.986. The summed E-state index contributed by atoms with van der Waals surface area (Å²) >= 11 is -0.782. The van der Waals surface area contributed by atoms with Gasteiger partial charge in [-0.3, -0.25) is 0 Å². The molecule has 0 aromatic heterocycles. The second kappa shape index (κ2) is 15.7. The van der Waals surface area contributed by atoms with E-state index in [0.717, 1.165) is 0 Å². The Morgan fingerprint density at radius 1 is 1.00 bits per heavy atom. The van der Waals surface area contributed by atoms with Crippen molar-refractivity contribution in [3.05, 3.63) is 0 Å². The Labute approximate surface area is 68.6 Å². The molecule has 0 fully saturated rings. The van der Waals surface area contributed by atoms with Gasteiger partial charge in [-0.15, -0.1) is 24.8 Å². The summed E-state index contributed by atoms with van der Waals surface area (Å²) in [6, 6.07) is 0. The standard InChI is InChI=1S/2CH3O.2ClH.Zr/c2*1-2;;;/h2*1H3;2*1H;/q2*-1;;;+2.